The molecule has 1 aliphatic carbocycles. The summed E-state index contributed by atoms with van der Waals surface area (Å²) in [5, 5.41) is 12.2. The molecule has 1 N–H and O–H groups in total. The molecule has 6 nitrogen and oxygen atoms in total. The van der Waals surface area contributed by atoms with Crippen LogP contribution in [0.4, 0.5) is 0 Å². The van der Waals surface area contributed by atoms with Crippen LogP contribution in [0.5, 0.6) is 0 Å². The number of unbranched alkanes of at least 4 members (excludes halogenated alkanes) is 1. The SMILES string of the molecule is CCCCc1noc([C@@H](C)N[C@@H]2CCCc3c2cnn3CC)n1. The van der Waals surface area contributed by atoms with Gasteiger partial charge in [-0.1, -0.05) is 18.5 Å². The molecule has 0 aliphatic heterocycles. The van der Waals surface area contributed by atoms with Gasteiger partial charge in [-0.3, -0.25) is 10.00 Å². The molecule has 3 rings (SSSR count). The van der Waals surface area contributed by atoms with Crippen LogP contribution >= 0.6 is 0 Å². The highest BCUT2D eigenvalue weighted by molar-refractivity contribution is 5.25. The van der Waals surface area contributed by atoms with Crippen LogP contribution in [0.25, 0.3) is 0 Å². The standard InChI is InChI=1S/C17H27N5O/c1-4-6-10-16-20-17(23-21-16)12(3)19-14-8-7-9-15-13(14)11-18-22(15)5-2/h11-12,14,19H,4-10H2,1-3H3/t12-,14-/m1/s1. The number of hydrogen-bond donors (Lipinski definition) is 1. The van der Waals surface area contributed by atoms with Gasteiger partial charge in [-0.25, -0.2) is 0 Å². The lowest BCUT2D eigenvalue weighted by Gasteiger charge is -2.26. The van der Waals surface area contributed by atoms with Gasteiger partial charge < -0.3 is 4.52 Å². The summed E-state index contributed by atoms with van der Waals surface area (Å²) in [6, 6.07) is 0.374. The molecule has 2 aromatic heterocycles. The first kappa shape index (κ1) is 16.2. The minimum absolute atomic E-state index is 0.0544. The van der Waals surface area contributed by atoms with E-state index < -0.39 is 0 Å². The number of rotatable bonds is 7. The first-order chi connectivity index (χ1) is 11.2. The summed E-state index contributed by atoms with van der Waals surface area (Å²) in [4.78, 5) is 4.53. The van der Waals surface area contributed by atoms with Crippen molar-refractivity contribution in [2.75, 3.05) is 0 Å². The Kier molecular flexibility index (Phi) is 5.10. The van der Waals surface area contributed by atoms with E-state index in [0.29, 0.717) is 11.9 Å². The Morgan fingerprint density at radius 1 is 1.43 bits per heavy atom. The minimum atomic E-state index is 0.0544. The molecular weight excluding hydrogens is 290 g/mol. The monoisotopic (exact) mass is 317 g/mol. The van der Waals surface area contributed by atoms with E-state index in [-0.39, 0.29) is 6.04 Å². The van der Waals surface area contributed by atoms with Crippen molar-refractivity contribution in [2.45, 2.75) is 77.9 Å². The van der Waals surface area contributed by atoms with Crippen LogP contribution in [-0.4, -0.2) is 19.9 Å². The Hall–Kier alpha value is -1.69. The fourth-order valence-corrected chi connectivity index (χ4v) is 3.32. The minimum Gasteiger partial charge on any atom is -0.338 e. The van der Waals surface area contributed by atoms with E-state index in [1.807, 2.05) is 6.20 Å². The van der Waals surface area contributed by atoms with E-state index in [2.05, 4.69) is 46.0 Å². The maximum atomic E-state index is 5.43. The lowest BCUT2D eigenvalue weighted by atomic mass is 9.92. The van der Waals surface area contributed by atoms with Crippen LogP contribution in [0.2, 0.25) is 0 Å². The summed E-state index contributed by atoms with van der Waals surface area (Å²) in [5.41, 5.74) is 2.70. The third-order valence-electron chi connectivity index (χ3n) is 4.62. The van der Waals surface area contributed by atoms with Gasteiger partial charge in [0.15, 0.2) is 5.82 Å². The molecule has 0 amide bonds. The third-order valence-corrected chi connectivity index (χ3v) is 4.62. The van der Waals surface area contributed by atoms with E-state index >= 15 is 0 Å². The summed E-state index contributed by atoms with van der Waals surface area (Å²) in [7, 11) is 0. The maximum absolute atomic E-state index is 5.43. The first-order valence-electron chi connectivity index (χ1n) is 8.86. The van der Waals surface area contributed by atoms with E-state index in [4.69, 9.17) is 4.52 Å². The zero-order chi connectivity index (χ0) is 16.2. The molecule has 1 aliphatic rings. The Morgan fingerprint density at radius 3 is 3.09 bits per heavy atom. The molecule has 0 aromatic carbocycles. The van der Waals surface area contributed by atoms with Crippen LogP contribution in [-0.2, 0) is 19.4 Å². The van der Waals surface area contributed by atoms with Crippen LogP contribution < -0.4 is 5.32 Å². The molecule has 0 saturated carbocycles. The summed E-state index contributed by atoms with van der Waals surface area (Å²) in [6.07, 6.45) is 8.59. The normalized spacial score (nSPS) is 18.8. The van der Waals surface area contributed by atoms with E-state index in [1.54, 1.807) is 0 Å². The quantitative estimate of drug-likeness (QED) is 0.848. The fraction of sp³-hybridized carbons (Fsp3) is 0.706. The van der Waals surface area contributed by atoms with Crippen molar-refractivity contribution in [1.82, 2.24) is 25.2 Å². The van der Waals surface area contributed by atoms with E-state index in [9.17, 15) is 0 Å². The summed E-state index contributed by atoms with van der Waals surface area (Å²) in [5.74, 6) is 1.50. The van der Waals surface area contributed by atoms with Gasteiger partial charge >= 0.3 is 0 Å². The van der Waals surface area contributed by atoms with Crippen LogP contribution in [0.1, 0.15) is 81.5 Å². The highest BCUT2D eigenvalue weighted by atomic mass is 16.5. The molecule has 0 saturated heterocycles. The Balaban J connectivity index is 1.68. The second-order valence-corrected chi connectivity index (χ2v) is 6.35. The average Bonchev–Trinajstić information content (AvgIpc) is 3.20. The molecular formula is C17H27N5O. The van der Waals surface area contributed by atoms with Crippen LogP contribution in [0.15, 0.2) is 10.7 Å². The van der Waals surface area contributed by atoms with Gasteiger partial charge in [-0.05, 0) is 39.5 Å². The number of nitrogens with one attached hydrogen (secondary N) is 1. The fourth-order valence-electron chi connectivity index (χ4n) is 3.32. The van der Waals surface area contributed by atoms with Gasteiger partial charge in [0.2, 0.25) is 5.89 Å². The van der Waals surface area contributed by atoms with Gasteiger partial charge in [0, 0.05) is 30.3 Å². The summed E-state index contributed by atoms with van der Waals surface area (Å²) in [6.45, 7) is 7.34. The molecule has 23 heavy (non-hydrogen) atoms. The van der Waals surface area contributed by atoms with E-state index in [1.165, 1.54) is 17.7 Å². The van der Waals surface area contributed by atoms with Crippen LogP contribution in [0.3, 0.4) is 0 Å². The number of nitrogens with zero attached hydrogens (tertiary/aromatic N) is 4. The molecule has 0 radical (unpaired) electrons. The topological polar surface area (TPSA) is 68.8 Å². The predicted molar refractivity (Wildman–Crippen MR) is 88.0 cm³/mol. The highest BCUT2D eigenvalue weighted by Gasteiger charge is 2.26. The van der Waals surface area contributed by atoms with Crippen molar-refractivity contribution in [1.29, 1.82) is 0 Å². The molecule has 126 valence electrons. The molecule has 6 heteroatoms. The molecule has 2 heterocycles. The number of hydrogen-bond acceptors (Lipinski definition) is 5. The second-order valence-electron chi connectivity index (χ2n) is 6.35. The number of aromatic nitrogens is 4. The Labute approximate surface area is 137 Å². The van der Waals surface area contributed by atoms with Gasteiger partial charge in [-0.15, -0.1) is 0 Å². The number of fused-ring (bicyclic) bond motifs is 1. The van der Waals surface area contributed by atoms with Crippen molar-refractivity contribution >= 4 is 0 Å². The zero-order valence-corrected chi connectivity index (χ0v) is 14.4. The maximum Gasteiger partial charge on any atom is 0.243 e. The third kappa shape index (κ3) is 3.47. The van der Waals surface area contributed by atoms with Crippen LogP contribution in [0, 0.1) is 0 Å². The van der Waals surface area contributed by atoms with Gasteiger partial charge in [0.05, 0.1) is 12.2 Å². The van der Waals surface area contributed by atoms with Gasteiger partial charge in [0.1, 0.15) is 0 Å². The van der Waals surface area contributed by atoms with Crippen molar-refractivity contribution in [3.05, 3.63) is 29.2 Å². The van der Waals surface area contributed by atoms with E-state index in [0.717, 1.165) is 44.5 Å². The summed E-state index contributed by atoms with van der Waals surface area (Å²) >= 11 is 0. The molecule has 2 atom stereocenters. The molecule has 0 fully saturated rings. The number of aryl methyl sites for hydroxylation is 2. The molecule has 2 aromatic rings. The molecule has 0 unspecified atom stereocenters. The molecule has 0 bridgehead atoms. The lowest BCUT2D eigenvalue weighted by molar-refractivity contribution is 0.311. The lowest BCUT2D eigenvalue weighted by Crippen LogP contribution is -2.28. The van der Waals surface area contributed by atoms with Gasteiger partial charge in [0.25, 0.3) is 0 Å². The largest absolute Gasteiger partial charge is 0.338 e. The van der Waals surface area contributed by atoms with Crippen molar-refractivity contribution in [3.63, 3.8) is 0 Å². The van der Waals surface area contributed by atoms with Crippen molar-refractivity contribution in [2.24, 2.45) is 0 Å². The Bertz CT molecular complexity index is 633. The smallest absolute Gasteiger partial charge is 0.243 e. The molecule has 0 spiro atoms. The van der Waals surface area contributed by atoms with Crippen molar-refractivity contribution in [3.8, 4) is 0 Å². The average molecular weight is 317 g/mol. The van der Waals surface area contributed by atoms with Crippen molar-refractivity contribution < 1.29 is 4.52 Å². The summed E-state index contributed by atoms with van der Waals surface area (Å²) < 4.78 is 7.55. The first-order valence-corrected chi connectivity index (χ1v) is 8.86. The Morgan fingerprint density at radius 2 is 2.30 bits per heavy atom. The second kappa shape index (κ2) is 7.25. The predicted octanol–water partition coefficient (Wildman–Crippen LogP) is 3.36. The highest BCUT2D eigenvalue weighted by Crippen LogP contribution is 2.31. The zero-order valence-electron chi connectivity index (χ0n) is 14.4. The van der Waals surface area contributed by atoms with Gasteiger partial charge in [-0.2, -0.15) is 10.1 Å².